The molecular weight excluding hydrogens is 444 g/mol. The molecule has 7 heteroatoms. The lowest BCUT2D eigenvalue weighted by atomic mass is 9.98. The van der Waals surface area contributed by atoms with E-state index in [1.165, 1.54) is 22.3 Å². The topological polar surface area (TPSA) is 105 Å². The van der Waals surface area contributed by atoms with Gasteiger partial charge in [0.1, 0.15) is 6.61 Å². The standard InChI is InChI=1S/C28H34N2O5/c1-18(15-27(32)33)13-14-29-26(31)16-19-7-6-12-25(19)30-28(34)35-17-24-22-10-4-2-8-20(22)21-9-3-5-11-23(21)24/h2-5,8-11,18-19,24-25H,6-7,12-17H2,1H3,(H,29,31)(H,30,34)(H,32,33). The molecule has 2 aliphatic rings. The Morgan fingerprint density at radius 2 is 1.69 bits per heavy atom. The first-order valence-electron chi connectivity index (χ1n) is 12.5. The van der Waals surface area contributed by atoms with Crippen LogP contribution in [-0.4, -0.2) is 42.3 Å². The van der Waals surface area contributed by atoms with E-state index in [0.717, 1.165) is 19.3 Å². The lowest BCUT2D eigenvalue weighted by molar-refractivity contribution is -0.138. The van der Waals surface area contributed by atoms with Crippen molar-refractivity contribution in [3.8, 4) is 11.1 Å². The van der Waals surface area contributed by atoms with E-state index in [1.807, 2.05) is 31.2 Å². The van der Waals surface area contributed by atoms with Gasteiger partial charge in [-0.1, -0.05) is 61.9 Å². The molecule has 2 aromatic rings. The third-order valence-corrected chi connectivity index (χ3v) is 7.24. The fraction of sp³-hybridized carbons (Fsp3) is 0.464. The summed E-state index contributed by atoms with van der Waals surface area (Å²) >= 11 is 0. The first-order valence-corrected chi connectivity index (χ1v) is 12.5. The minimum absolute atomic E-state index is 0.0156. The smallest absolute Gasteiger partial charge is 0.407 e. The van der Waals surface area contributed by atoms with Crippen LogP contribution in [0, 0.1) is 11.8 Å². The fourth-order valence-electron chi connectivity index (χ4n) is 5.43. The highest BCUT2D eigenvalue weighted by atomic mass is 16.5. The molecule has 0 aliphatic heterocycles. The minimum Gasteiger partial charge on any atom is -0.481 e. The van der Waals surface area contributed by atoms with E-state index in [4.69, 9.17) is 9.84 Å². The molecule has 0 aromatic heterocycles. The predicted octanol–water partition coefficient (Wildman–Crippen LogP) is 4.70. The number of rotatable bonds is 10. The molecule has 7 nitrogen and oxygen atoms in total. The van der Waals surface area contributed by atoms with E-state index in [0.29, 0.717) is 19.4 Å². The summed E-state index contributed by atoms with van der Waals surface area (Å²) in [6.45, 7) is 2.60. The zero-order valence-electron chi connectivity index (χ0n) is 20.2. The molecular formula is C28H34N2O5. The lowest BCUT2D eigenvalue weighted by Gasteiger charge is -2.21. The van der Waals surface area contributed by atoms with Crippen LogP contribution in [0.2, 0.25) is 0 Å². The molecule has 4 rings (SSSR count). The molecule has 0 bridgehead atoms. The second kappa shape index (κ2) is 11.4. The molecule has 2 aliphatic carbocycles. The summed E-state index contributed by atoms with van der Waals surface area (Å²) in [7, 11) is 0. The number of hydrogen-bond donors (Lipinski definition) is 3. The molecule has 0 heterocycles. The normalized spacial score (nSPS) is 19.5. The van der Waals surface area contributed by atoms with Crippen molar-refractivity contribution in [2.75, 3.05) is 13.2 Å². The second-order valence-corrected chi connectivity index (χ2v) is 9.81. The van der Waals surface area contributed by atoms with Crippen molar-refractivity contribution in [3.63, 3.8) is 0 Å². The number of carboxylic acid groups (broad SMARTS) is 1. The number of carbonyl (C=O) groups is 3. The third kappa shape index (κ3) is 6.21. The summed E-state index contributed by atoms with van der Waals surface area (Å²) in [5, 5.41) is 14.7. The molecule has 2 amide bonds. The number of ether oxygens (including phenoxy) is 1. The average Bonchev–Trinajstić information content (AvgIpc) is 3.39. The molecule has 3 unspecified atom stereocenters. The van der Waals surface area contributed by atoms with Gasteiger partial charge in [-0.15, -0.1) is 0 Å². The van der Waals surface area contributed by atoms with Gasteiger partial charge in [-0.05, 0) is 53.4 Å². The van der Waals surface area contributed by atoms with Crippen LogP contribution in [0.15, 0.2) is 48.5 Å². The summed E-state index contributed by atoms with van der Waals surface area (Å²) in [5.41, 5.74) is 4.73. The van der Waals surface area contributed by atoms with E-state index in [-0.39, 0.29) is 42.7 Å². The maximum absolute atomic E-state index is 12.7. The highest BCUT2D eigenvalue weighted by Crippen LogP contribution is 2.44. The molecule has 35 heavy (non-hydrogen) atoms. The van der Waals surface area contributed by atoms with Gasteiger partial charge in [0, 0.05) is 31.3 Å². The van der Waals surface area contributed by atoms with Gasteiger partial charge in [0.15, 0.2) is 0 Å². The average molecular weight is 479 g/mol. The Balaban J connectivity index is 1.25. The maximum Gasteiger partial charge on any atom is 0.407 e. The van der Waals surface area contributed by atoms with Crippen molar-refractivity contribution in [2.45, 2.75) is 57.4 Å². The van der Waals surface area contributed by atoms with Crippen LogP contribution in [-0.2, 0) is 14.3 Å². The number of carboxylic acids is 1. The number of aliphatic carboxylic acids is 1. The molecule has 0 spiro atoms. The molecule has 1 fully saturated rings. The number of nitrogens with one attached hydrogen (secondary N) is 2. The van der Waals surface area contributed by atoms with Gasteiger partial charge in [-0.25, -0.2) is 4.79 Å². The highest BCUT2D eigenvalue weighted by Gasteiger charge is 2.32. The molecule has 3 atom stereocenters. The molecule has 2 aromatic carbocycles. The van der Waals surface area contributed by atoms with Gasteiger partial charge < -0.3 is 20.5 Å². The van der Waals surface area contributed by atoms with E-state index in [9.17, 15) is 14.4 Å². The van der Waals surface area contributed by atoms with Gasteiger partial charge in [-0.2, -0.15) is 0 Å². The largest absolute Gasteiger partial charge is 0.481 e. The molecule has 0 radical (unpaired) electrons. The van der Waals surface area contributed by atoms with E-state index in [1.54, 1.807) is 0 Å². The number of carbonyl (C=O) groups excluding carboxylic acids is 2. The third-order valence-electron chi connectivity index (χ3n) is 7.24. The van der Waals surface area contributed by atoms with Crippen molar-refractivity contribution in [1.29, 1.82) is 0 Å². The van der Waals surface area contributed by atoms with Crippen molar-refractivity contribution >= 4 is 18.0 Å². The SMILES string of the molecule is CC(CCNC(=O)CC1CCCC1NC(=O)OCC1c2ccccc2-c2ccccc21)CC(=O)O. The zero-order chi connectivity index (χ0) is 24.8. The van der Waals surface area contributed by atoms with E-state index >= 15 is 0 Å². The first kappa shape index (κ1) is 24.8. The Hall–Kier alpha value is -3.35. The van der Waals surface area contributed by atoms with Crippen LogP contribution in [0.25, 0.3) is 11.1 Å². The van der Waals surface area contributed by atoms with Crippen LogP contribution in [0.3, 0.4) is 0 Å². The first-order chi connectivity index (χ1) is 16.9. The van der Waals surface area contributed by atoms with E-state index < -0.39 is 12.1 Å². The Bertz CT molecular complexity index is 1020. The van der Waals surface area contributed by atoms with Crippen LogP contribution < -0.4 is 10.6 Å². The molecule has 1 saturated carbocycles. The Morgan fingerprint density at radius 1 is 1.03 bits per heavy atom. The molecule has 3 N–H and O–H groups in total. The predicted molar refractivity (Wildman–Crippen MR) is 133 cm³/mol. The summed E-state index contributed by atoms with van der Waals surface area (Å²) in [6, 6.07) is 16.4. The van der Waals surface area contributed by atoms with Gasteiger partial charge in [0.2, 0.25) is 5.91 Å². The van der Waals surface area contributed by atoms with Crippen LogP contribution in [0.4, 0.5) is 4.79 Å². The van der Waals surface area contributed by atoms with Gasteiger partial charge in [0.05, 0.1) is 0 Å². The molecule has 0 saturated heterocycles. The second-order valence-electron chi connectivity index (χ2n) is 9.81. The number of hydrogen-bond acceptors (Lipinski definition) is 4. The van der Waals surface area contributed by atoms with Crippen molar-refractivity contribution in [2.24, 2.45) is 11.8 Å². The van der Waals surface area contributed by atoms with Crippen molar-refractivity contribution in [1.82, 2.24) is 10.6 Å². The Labute approximate surface area is 206 Å². The van der Waals surface area contributed by atoms with Crippen LogP contribution in [0.1, 0.15) is 62.5 Å². The number of alkyl carbamates (subject to hydrolysis) is 1. The van der Waals surface area contributed by atoms with Gasteiger partial charge in [0.25, 0.3) is 0 Å². The van der Waals surface area contributed by atoms with E-state index in [2.05, 4.69) is 34.9 Å². The van der Waals surface area contributed by atoms with Crippen molar-refractivity contribution < 1.29 is 24.2 Å². The minimum atomic E-state index is -0.822. The zero-order valence-corrected chi connectivity index (χ0v) is 20.2. The van der Waals surface area contributed by atoms with Crippen LogP contribution in [0.5, 0.6) is 0 Å². The summed E-state index contributed by atoms with van der Waals surface area (Å²) in [4.78, 5) is 35.8. The summed E-state index contributed by atoms with van der Waals surface area (Å²) in [5.74, 6) is -0.772. The van der Waals surface area contributed by atoms with Crippen LogP contribution >= 0.6 is 0 Å². The fourth-order valence-corrected chi connectivity index (χ4v) is 5.43. The van der Waals surface area contributed by atoms with Crippen molar-refractivity contribution in [3.05, 3.63) is 59.7 Å². The Morgan fingerprint density at radius 3 is 2.34 bits per heavy atom. The Kier molecular flexibility index (Phi) is 8.06. The number of fused-ring (bicyclic) bond motifs is 3. The van der Waals surface area contributed by atoms with Gasteiger partial charge in [-0.3, -0.25) is 9.59 Å². The summed E-state index contributed by atoms with van der Waals surface area (Å²) in [6.07, 6.45) is 3.32. The van der Waals surface area contributed by atoms with Gasteiger partial charge >= 0.3 is 12.1 Å². The number of benzene rings is 2. The summed E-state index contributed by atoms with van der Waals surface area (Å²) < 4.78 is 5.68. The lowest BCUT2D eigenvalue weighted by Crippen LogP contribution is -2.40. The highest BCUT2D eigenvalue weighted by molar-refractivity contribution is 5.79. The number of amides is 2. The monoisotopic (exact) mass is 478 g/mol. The quantitative estimate of drug-likeness (QED) is 0.459. The molecule has 186 valence electrons. The maximum atomic E-state index is 12.7.